The molecule has 0 bridgehead atoms. The van der Waals surface area contributed by atoms with E-state index in [1.807, 2.05) is 0 Å². The number of hydrogen-bond donors (Lipinski definition) is 2. The summed E-state index contributed by atoms with van der Waals surface area (Å²) in [7, 11) is 0. The lowest BCUT2D eigenvalue weighted by Gasteiger charge is -2.30. The molecule has 1 aromatic rings. The summed E-state index contributed by atoms with van der Waals surface area (Å²) >= 11 is 0. The van der Waals surface area contributed by atoms with Gasteiger partial charge >= 0.3 is 5.97 Å². The van der Waals surface area contributed by atoms with E-state index in [-0.39, 0.29) is 17.9 Å². The zero-order chi connectivity index (χ0) is 13.3. The van der Waals surface area contributed by atoms with Gasteiger partial charge in [0.15, 0.2) is 0 Å². The number of nitrogens with zero attached hydrogens (tertiary/aromatic N) is 3. The van der Waals surface area contributed by atoms with Crippen molar-refractivity contribution in [2.45, 2.75) is 18.6 Å². The maximum Gasteiger partial charge on any atom is 0.357 e. The highest BCUT2D eigenvalue weighted by Gasteiger charge is 2.46. The normalized spacial score (nSPS) is 23.1. The van der Waals surface area contributed by atoms with Gasteiger partial charge in [-0.05, 0) is 12.5 Å². The van der Waals surface area contributed by atoms with Crippen LogP contribution in [0, 0.1) is 10.1 Å². The predicted molar refractivity (Wildman–Crippen MR) is 60.1 cm³/mol. The number of anilines is 1. The average Bonchev–Trinajstić information content (AvgIpc) is 2.73. The second kappa shape index (κ2) is 4.22. The number of carboxylic acid groups (broad SMARTS) is 1. The molecule has 0 aliphatic carbocycles. The van der Waals surface area contributed by atoms with Gasteiger partial charge in [-0.2, -0.15) is 0 Å². The van der Waals surface area contributed by atoms with E-state index in [0.29, 0.717) is 13.0 Å². The minimum absolute atomic E-state index is 0.0982. The van der Waals surface area contributed by atoms with E-state index >= 15 is 0 Å². The van der Waals surface area contributed by atoms with Crippen molar-refractivity contribution in [2.75, 3.05) is 11.4 Å². The second-order valence-corrected chi connectivity index (χ2v) is 4.01. The first kappa shape index (κ1) is 12.2. The van der Waals surface area contributed by atoms with Crippen molar-refractivity contribution in [3.63, 3.8) is 0 Å². The minimum Gasteiger partial charge on any atom is -0.478 e. The molecule has 0 spiro atoms. The van der Waals surface area contributed by atoms with Crippen molar-refractivity contribution in [1.82, 2.24) is 4.98 Å². The molecular formula is C10H11N3O5. The molecule has 0 unspecified atom stereocenters. The first-order valence-corrected chi connectivity index (χ1v) is 5.29. The highest BCUT2D eigenvalue weighted by Crippen LogP contribution is 2.31. The number of aliphatic hydroxyl groups is 1. The van der Waals surface area contributed by atoms with E-state index in [1.54, 1.807) is 0 Å². The maximum absolute atomic E-state index is 11.1. The summed E-state index contributed by atoms with van der Waals surface area (Å²) < 4.78 is 0. The number of rotatable bonds is 3. The fraction of sp³-hybridized carbons (Fsp3) is 0.400. The van der Waals surface area contributed by atoms with Crippen LogP contribution < -0.4 is 4.90 Å². The van der Waals surface area contributed by atoms with Gasteiger partial charge in [-0.25, -0.2) is 9.78 Å². The molecule has 1 fully saturated rings. The molecule has 2 N–H and O–H groups in total. The van der Waals surface area contributed by atoms with Gasteiger partial charge < -0.3 is 15.1 Å². The topological polar surface area (TPSA) is 117 Å². The predicted octanol–water partition coefficient (Wildman–Crippen LogP) is 0.363. The summed E-state index contributed by atoms with van der Waals surface area (Å²) in [5.74, 6) is -1.14. The summed E-state index contributed by atoms with van der Waals surface area (Å²) in [6.45, 7) is 0.341. The van der Waals surface area contributed by atoms with Crippen LogP contribution in [0.4, 0.5) is 11.5 Å². The smallest absolute Gasteiger partial charge is 0.357 e. The number of aliphatic carboxylic acids is 1. The Morgan fingerprint density at radius 2 is 2.28 bits per heavy atom. The van der Waals surface area contributed by atoms with Gasteiger partial charge in [-0.1, -0.05) is 0 Å². The number of nitro groups is 1. The van der Waals surface area contributed by atoms with Gasteiger partial charge in [0, 0.05) is 19.0 Å². The van der Waals surface area contributed by atoms with Gasteiger partial charge in [-0.3, -0.25) is 10.1 Å². The Morgan fingerprint density at radius 3 is 2.78 bits per heavy atom. The zero-order valence-corrected chi connectivity index (χ0v) is 9.31. The standard InChI is InChI=1S/C10H11N3O5/c14-9(15)10(16)4-1-5-12(10)8-3-2-7(6-11-8)13(17)18/h2-3,6,16H,1,4-5H2,(H,14,15)/t10-/m1/s1. The first-order chi connectivity index (χ1) is 8.45. The molecule has 0 aromatic carbocycles. The van der Waals surface area contributed by atoms with Gasteiger partial charge in [-0.15, -0.1) is 0 Å². The Morgan fingerprint density at radius 1 is 1.56 bits per heavy atom. The molecule has 18 heavy (non-hydrogen) atoms. The quantitative estimate of drug-likeness (QED) is 0.590. The van der Waals surface area contributed by atoms with Crippen LogP contribution in [0.2, 0.25) is 0 Å². The molecule has 0 saturated carbocycles. The SMILES string of the molecule is O=C(O)[C@]1(O)CCCN1c1ccc([N+](=O)[O-])cn1. The van der Waals surface area contributed by atoms with Crippen molar-refractivity contribution in [2.24, 2.45) is 0 Å². The molecule has 1 aliphatic heterocycles. The molecule has 1 saturated heterocycles. The summed E-state index contributed by atoms with van der Waals surface area (Å²) in [4.78, 5) is 26.0. The van der Waals surface area contributed by atoms with Gasteiger partial charge in [0.1, 0.15) is 12.0 Å². The summed E-state index contributed by atoms with van der Waals surface area (Å²) in [6.07, 6.45) is 1.65. The average molecular weight is 253 g/mol. The first-order valence-electron chi connectivity index (χ1n) is 5.29. The van der Waals surface area contributed by atoms with E-state index in [9.17, 15) is 20.0 Å². The van der Waals surface area contributed by atoms with E-state index in [0.717, 1.165) is 6.20 Å². The van der Waals surface area contributed by atoms with Crippen molar-refractivity contribution in [1.29, 1.82) is 0 Å². The molecular weight excluding hydrogens is 242 g/mol. The molecule has 0 amide bonds. The Balaban J connectivity index is 2.31. The monoisotopic (exact) mass is 253 g/mol. The van der Waals surface area contributed by atoms with Crippen LogP contribution in [0.3, 0.4) is 0 Å². The molecule has 2 heterocycles. The fourth-order valence-electron chi connectivity index (χ4n) is 1.98. The molecule has 1 atom stereocenters. The third kappa shape index (κ3) is 1.86. The van der Waals surface area contributed by atoms with Crippen LogP contribution >= 0.6 is 0 Å². The van der Waals surface area contributed by atoms with E-state index in [2.05, 4.69) is 4.98 Å². The third-order valence-electron chi connectivity index (χ3n) is 2.92. The summed E-state index contributed by atoms with van der Waals surface area (Å²) in [5.41, 5.74) is -2.17. The molecule has 8 heteroatoms. The largest absolute Gasteiger partial charge is 0.478 e. The number of carboxylic acids is 1. The van der Waals surface area contributed by atoms with Crippen molar-refractivity contribution >= 4 is 17.5 Å². The van der Waals surface area contributed by atoms with Crippen molar-refractivity contribution in [3.05, 3.63) is 28.4 Å². The van der Waals surface area contributed by atoms with E-state index < -0.39 is 16.6 Å². The Kier molecular flexibility index (Phi) is 2.87. The lowest BCUT2D eigenvalue weighted by atomic mass is 10.1. The third-order valence-corrected chi connectivity index (χ3v) is 2.92. The molecule has 1 aromatic heterocycles. The van der Waals surface area contributed by atoms with Crippen molar-refractivity contribution in [3.8, 4) is 0 Å². The molecule has 1 aliphatic rings. The van der Waals surface area contributed by atoms with Crippen LogP contribution in [-0.2, 0) is 4.79 Å². The van der Waals surface area contributed by atoms with Gasteiger partial charge in [0.2, 0.25) is 5.72 Å². The van der Waals surface area contributed by atoms with E-state index in [1.165, 1.54) is 17.0 Å². The zero-order valence-electron chi connectivity index (χ0n) is 9.31. The molecule has 0 radical (unpaired) electrons. The number of hydrogen-bond acceptors (Lipinski definition) is 6. The van der Waals surface area contributed by atoms with Crippen LogP contribution in [0.15, 0.2) is 18.3 Å². The number of aromatic nitrogens is 1. The van der Waals surface area contributed by atoms with Crippen LogP contribution in [-0.4, -0.2) is 38.4 Å². The fourth-order valence-corrected chi connectivity index (χ4v) is 1.98. The lowest BCUT2D eigenvalue weighted by Crippen LogP contribution is -2.51. The Hall–Kier alpha value is -2.22. The lowest BCUT2D eigenvalue weighted by molar-refractivity contribution is -0.385. The Bertz CT molecular complexity index is 489. The van der Waals surface area contributed by atoms with Crippen LogP contribution in [0.25, 0.3) is 0 Å². The highest BCUT2D eigenvalue weighted by molar-refractivity contribution is 5.81. The highest BCUT2D eigenvalue weighted by atomic mass is 16.6. The van der Waals surface area contributed by atoms with Crippen molar-refractivity contribution < 1.29 is 19.9 Å². The van der Waals surface area contributed by atoms with Gasteiger partial charge in [0.05, 0.1) is 4.92 Å². The molecule has 8 nitrogen and oxygen atoms in total. The Labute approximate surface area is 102 Å². The van der Waals surface area contributed by atoms with Gasteiger partial charge in [0.25, 0.3) is 5.69 Å². The van der Waals surface area contributed by atoms with E-state index in [4.69, 9.17) is 5.11 Å². The van der Waals surface area contributed by atoms with Crippen LogP contribution in [0.1, 0.15) is 12.8 Å². The number of pyridine rings is 1. The molecule has 2 rings (SSSR count). The van der Waals surface area contributed by atoms with Crippen LogP contribution in [0.5, 0.6) is 0 Å². The minimum atomic E-state index is -1.98. The molecule has 96 valence electrons. The number of carbonyl (C=O) groups is 1. The summed E-state index contributed by atoms with van der Waals surface area (Å²) in [6, 6.07) is 2.56. The maximum atomic E-state index is 11.1. The second-order valence-electron chi connectivity index (χ2n) is 4.01. The summed E-state index contributed by atoms with van der Waals surface area (Å²) in [5, 5.41) is 29.5.